The van der Waals surface area contributed by atoms with Gasteiger partial charge in [0.2, 0.25) is 0 Å². The van der Waals surface area contributed by atoms with E-state index < -0.39 is 0 Å². The summed E-state index contributed by atoms with van der Waals surface area (Å²) in [6.45, 7) is 0. The molecular weight excluding hydrogens is 617 g/mol. The highest BCUT2D eigenvalue weighted by Crippen LogP contribution is 2.43. The first-order valence-electron chi connectivity index (χ1n) is 16.5. The first-order valence-corrected chi connectivity index (χ1v) is 17.3. The van der Waals surface area contributed by atoms with Crippen LogP contribution in [0.3, 0.4) is 0 Å². The number of nitrogens with zero attached hydrogens (tertiary/aromatic N) is 4. The fourth-order valence-corrected chi connectivity index (χ4v) is 8.97. The van der Waals surface area contributed by atoms with Crippen LogP contribution in [0, 0.1) is 0 Å². The quantitative estimate of drug-likeness (QED) is 0.192. The lowest BCUT2D eigenvalue weighted by Crippen LogP contribution is -1.99. The Morgan fingerprint density at radius 1 is 0.469 bits per heavy atom. The number of thiophene rings is 1. The zero-order chi connectivity index (χ0) is 32.1. The van der Waals surface area contributed by atoms with E-state index >= 15 is 0 Å². The van der Waals surface area contributed by atoms with Crippen molar-refractivity contribution >= 4 is 86.0 Å². The molecule has 11 aromatic rings. The zero-order valence-corrected chi connectivity index (χ0v) is 27.0. The molecule has 0 bridgehead atoms. The molecular formula is C44H26N4S. The number of pyridine rings is 2. The Morgan fingerprint density at radius 3 is 2.14 bits per heavy atom. The minimum Gasteiger partial charge on any atom is -0.308 e. The summed E-state index contributed by atoms with van der Waals surface area (Å²) >= 11 is 1.84. The van der Waals surface area contributed by atoms with Crippen LogP contribution in [0.25, 0.3) is 97.4 Å². The van der Waals surface area contributed by atoms with Crippen LogP contribution in [0.4, 0.5) is 0 Å². The molecule has 5 aromatic heterocycles. The molecule has 49 heavy (non-hydrogen) atoms. The van der Waals surface area contributed by atoms with E-state index in [1.807, 2.05) is 23.6 Å². The summed E-state index contributed by atoms with van der Waals surface area (Å²) in [4.78, 5) is 10.1. The molecule has 0 spiro atoms. The highest BCUT2D eigenvalue weighted by atomic mass is 32.1. The van der Waals surface area contributed by atoms with Gasteiger partial charge in [0.05, 0.1) is 39.0 Å². The van der Waals surface area contributed by atoms with Crippen LogP contribution in [0.1, 0.15) is 0 Å². The maximum Gasteiger partial charge on any atom is 0.138 e. The molecule has 0 saturated heterocycles. The lowest BCUT2D eigenvalue weighted by molar-refractivity contribution is 1.08. The third-order valence-electron chi connectivity index (χ3n) is 9.97. The maximum absolute atomic E-state index is 5.35. The van der Waals surface area contributed by atoms with Gasteiger partial charge in [-0.1, -0.05) is 78.9 Å². The van der Waals surface area contributed by atoms with Crippen LogP contribution < -0.4 is 0 Å². The number of para-hydroxylation sites is 2. The second-order valence-electron chi connectivity index (χ2n) is 12.6. The van der Waals surface area contributed by atoms with Crippen molar-refractivity contribution in [3.63, 3.8) is 0 Å². The van der Waals surface area contributed by atoms with E-state index in [0.717, 1.165) is 44.7 Å². The predicted octanol–water partition coefficient (Wildman–Crippen LogP) is 11.9. The SMILES string of the molecule is c1cc(-c2ccc3sc4ccccc4c3c2)nc(-n2c3ccccc3c3c2ccc2c4ccccc4n(-c4cccc5ncccc45)c23)c1. The summed E-state index contributed by atoms with van der Waals surface area (Å²) in [6.07, 6.45) is 1.87. The molecule has 5 heteroatoms. The smallest absolute Gasteiger partial charge is 0.138 e. The molecule has 228 valence electrons. The van der Waals surface area contributed by atoms with Gasteiger partial charge in [0, 0.05) is 58.9 Å². The van der Waals surface area contributed by atoms with Gasteiger partial charge in [-0.05, 0) is 72.8 Å². The molecule has 0 amide bonds. The number of benzene rings is 6. The largest absolute Gasteiger partial charge is 0.308 e. The van der Waals surface area contributed by atoms with Gasteiger partial charge in [0.1, 0.15) is 5.82 Å². The molecule has 4 nitrogen and oxygen atoms in total. The molecule has 6 aromatic carbocycles. The zero-order valence-electron chi connectivity index (χ0n) is 26.2. The highest BCUT2D eigenvalue weighted by Gasteiger charge is 2.22. The van der Waals surface area contributed by atoms with E-state index in [4.69, 9.17) is 9.97 Å². The molecule has 0 aliphatic heterocycles. The second kappa shape index (κ2) is 10.1. The van der Waals surface area contributed by atoms with Gasteiger partial charge in [0.25, 0.3) is 0 Å². The van der Waals surface area contributed by atoms with Crippen molar-refractivity contribution in [3.05, 3.63) is 158 Å². The summed E-state index contributed by atoms with van der Waals surface area (Å²) in [6, 6.07) is 54.4. The molecule has 0 atom stereocenters. The average Bonchev–Trinajstić information content (AvgIpc) is 3.82. The van der Waals surface area contributed by atoms with Crippen LogP contribution >= 0.6 is 11.3 Å². The van der Waals surface area contributed by atoms with Gasteiger partial charge in [-0.2, -0.15) is 0 Å². The van der Waals surface area contributed by atoms with E-state index in [-0.39, 0.29) is 0 Å². The number of fused-ring (bicyclic) bond motifs is 11. The molecule has 0 radical (unpaired) electrons. The Hall–Kier alpha value is -6.30. The van der Waals surface area contributed by atoms with Crippen LogP contribution in [0.15, 0.2) is 158 Å². The molecule has 0 N–H and O–H groups in total. The Morgan fingerprint density at radius 2 is 1.22 bits per heavy atom. The summed E-state index contributed by atoms with van der Waals surface area (Å²) in [7, 11) is 0. The summed E-state index contributed by atoms with van der Waals surface area (Å²) in [5.74, 6) is 0.898. The maximum atomic E-state index is 5.35. The Labute approximate surface area is 284 Å². The average molecular weight is 643 g/mol. The van der Waals surface area contributed by atoms with Crippen molar-refractivity contribution in [3.8, 4) is 22.8 Å². The van der Waals surface area contributed by atoms with Gasteiger partial charge in [-0.15, -0.1) is 11.3 Å². The third kappa shape index (κ3) is 3.79. The molecule has 0 aliphatic rings. The molecule has 0 aliphatic carbocycles. The summed E-state index contributed by atoms with van der Waals surface area (Å²) < 4.78 is 7.38. The van der Waals surface area contributed by atoms with Crippen LogP contribution in [0.2, 0.25) is 0 Å². The number of hydrogen-bond donors (Lipinski definition) is 0. The van der Waals surface area contributed by atoms with Crippen molar-refractivity contribution in [1.29, 1.82) is 0 Å². The number of aromatic nitrogens is 4. The fourth-order valence-electron chi connectivity index (χ4n) is 7.88. The minimum atomic E-state index is 0.898. The summed E-state index contributed by atoms with van der Waals surface area (Å²) in [5.41, 5.74) is 8.80. The Balaban J connectivity index is 1.21. The van der Waals surface area contributed by atoms with Crippen LogP contribution in [-0.2, 0) is 0 Å². The number of hydrogen-bond acceptors (Lipinski definition) is 3. The van der Waals surface area contributed by atoms with Gasteiger partial charge < -0.3 is 4.57 Å². The van der Waals surface area contributed by atoms with Crippen LogP contribution in [0.5, 0.6) is 0 Å². The standard InChI is InChI=1S/C44H26N4S/c1-4-16-36-28(10-1)30-22-23-39-43(44(30)48(36)37-18-7-15-35-31(37)13-9-25-45-35)32-12-2-5-17-38(32)47(39)42-20-8-14-34(46-42)27-21-24-41-33(26-27)29-11-3-6-19-40(29)49-41/h1-26H. The topological polar surface area (TPSA) is 35.6 Å². The van der Waals surface area contributed by atoms with Crippen LogP contribution in [-0.4, -0.2) is 19.1 Å². The van der Waals surface area contributed by atoms with Crippen molar-refractivity contribution in [2.45, 2.75) is 0 Å². The second-order valence-corrected chi connectivity index (χ2v) is 13.7. The first kappa shape index (κ1) is 26.7. The van der Waals surface area contributed by atoms with Gasteiger partial charge in [-0.25, -0.2) is 4.98 Å². The molecule has 0 fully saturated rings. The van der Waals surface area contributed by atoms with E-state index in [1.54, 1.807) is 0 Å². The molecule has 0 saturated carbocycles. The third-order valence-corrected chi connectivity index (χ3v) is 11.1. The lowest BCUT2D eigenvalue weighted by atomic mass is 10.1. The number of rotatable bonds is 3. The first-order chi connectivity index (χ1) is 24.3. The summed E-state index contributed by atoms with van der Waals surface area (Å²) in [5, 5.41) is 8.56. The highest BCUT2D eigenvalue weighted by molar-refractivity contribution is 7.25. The van der Waals surface area contributed by atoms with Crippen molar-refractivity contribution in [2.75, 3.05) is 0 Å². The fraction of sp³-hybridized carbons (Fsp3) is 0. The minimum absolute atomic E-state index is 0.898. The molecule has 0 unspecified atom stereocenters. The van der Waals surface area contributed by atoms with Gasteiger partial charge in [-0.3, -0.25) is 9.55 Å². The van der Waals surface area contributed by atoms with Crippen molar-refractivity contribution < 1.29 is 0 Å². The molecule has 11 rings (SSSR count). The van der Waals surface area contributed by atoms with Gasteiger partial charge in [0.15, 0.2) is 0 Å². The van der Waals surface area contributed by atoms with Gasteiger partial charge >= 0.3 is 0 Å². The van der Waals surface area contributed by atoms with E-state index in [2.05, 4.69) is 155 Å². The monoisotopic (exact) mass is 642 g/mol. The lowest BCUT2D eigenvalue weighted by Gasteiger charge is -2.12. The van der Waals surface area contributed by atoms with E-state index in [9.17, 15) is 0 Å². The van der Waals surface area contributed by atoms with E-state index in [0.29, 0.717) is 0 Å². The molecule has 5 heterocycles. The van der Waals surface area contributed by atoms with Crippen molar-refractivity contribution in [1.82, 2.24) is 19.1 Å². The van der Waals surface area contributed by atoms with Crippen molar-refractivity contribution in [2.24, 2.45) is 0 Å². The Kier molecular flexibility index (Phi) is 5.51. The van der Waals surface area contributed by atoms with E-state index in [1.165, 1.54) is 52.8 Å². The predicted molar refractivity (Wildman–Crippen MR) is 207 cm³/mol. The Bertz CT molecular complexity index is 3120. The normalized spacial score (nSPS) is 12.1.